The average molecular weight is 300 g/mol. The van der Waals surface area contributed by atoms with Crippen molar-refractivity contribution < 1.29 is 9.90 Å². The topological polar surface area (TPSA) is 40.5 Å². The van der Waals surface area contributed by atoms with Gasteiger partial charge in [-0.15, -0.1) is 11.8 Å². The Bertz CT molecular complexity index is 437. The smallest absolute Gasteiger partial charge is 0.232 e. The fraction of sp³-hybridized carbons (Fsp3) is 0.500. The minimum Gasteiger partial charge on any atom is -0.390 e. The van der Waals surface area contributed by atoms with Gasteiger partial charge in [0, 0.05) is 23.0 Å². The summed E-state index contributed by atoms with van der Waals surface area (Å²) in [6.45, 7) is 3.12. The van der Waals surface area contributed by atoms with Gasteiger partial charge in [-0.25, -0.2) is 0 Å². The Kier molecular flexibility index (Phi) is 4.76. The maximum Gasteiger partial charge on any atom is 0.232 e. The number of halogens is 1. The van der Waals surface area contributed by atoms with Crippen molar-refractivity contribution in [2.45, 2.75) is 30.3 Å². The Hall–Kier alpha value is -0.710. The van der Waals surface area contributed by atoms with Gasteiger partial charge in [-0.1, -0.05) is 11.6 Å². The lowest BCUT2D eigenvalue weighted by Crippen LogP contribution is -2.45. The van der Waals surface area contributed by atoms with Crippen molar-refractivity contribution >= 4 is 29.3 Å². The number of rotatable bonds is 3. The van der Waals surface area contributed by atoms with Crippen LogP contribution in [0.2, 0.25) is 5.02 Å². The molecule has 5 heteroatoms. The maximum absolute atomic E-state index is 12.0. The van der Waals surface area contributed by atoms with Gasteiger partial charge in [0.2, 0.25) is 5.91 Å². The van der Waals surface area contributed by atoms with Crippen molar-refractivity contribution in [1.82, 2.24) is 4.90 Å². The summed E-state index contributed by atoms with van der Waals surface area (Å²) in [7, 11) is 0. The molecule has 0 atom stereocenters. The van der Waals surface area contributed by atoms with Gasteiger partial charge in [0.25, 0.3) is 0 Å². The van der Waals surface area contributed by atoms with Gasteiger partial charge in [-0.2, -0.15) is 0 Å². The summed E-state index contributed by atoms with van der Waals surface area (Å²) in [5.74, 6) is 0.569. The second-order valence-electron chi connectivity index (χ2n) is 5.12. The number of nitrogens with zero attached hydrogens (tertiary/aromatic N) is 1. The molecule has 0 aromatic heterocycles. The van der Waals surface area contributed by atoms with Crippen LogP contribution in [0.15, 0.2) is 29.2 Å². The fourth-order valence-electron chi connectivity index (χ4n) is 2.01. The Labute approximate surface area is 122 Å². The van der Waals surface area contributed by atoms with Crippen molar-refractivity contribution in [3.8, 4) is 0 Å². The van der Waals surface area contributed by atoms with Crippen molar-refractivity contribution in [1.29, 1.82) is 0 Å². The Morgan fingerprint density at radius 3 is 2.53 bits per heavy atom. The average Bonchev–Trinajstić information content (AvgIpc) is 2.37. The summed E-state index contributed by atoms with van der Waals surface area (Å²) in [5, 5.41) is 10.6. The molecule has 0 unspecified atom stereocenters. The molecule has 1 aromatic carbocycles. The molecule has 1 saturated heterocycles. The molecule has 1 aliphatic heterocycles. The molecule has 104 valence electrons. The van der Waals surface area contributed by atoms with E-state index in [9.17, 15) is 9.90 Å². The lowest BCUT2D eigenvalue weighted by atomic mass is 9.94. The van der Waals surface area contributed by atoms with E-state index in [0.29, 0.717) is 36.7 Å². The molecule has 1 N–H and O–H groups in total. The predicted octanol–water partition coefficient (Wildman–Crippen LogP) is 2.81. The first kappa shape index (κ1) is 14.7. The van der Waals surface area contributed by atoms with Gasteiger partial charge in [0.15, 0.2) is 0 Å². The van der Waals surface area contributed by atoms with Gasteiger partial charge < -0.3 is 10.0 Å². The van der Waals surface area contributed by atoms with E-state index in [2.05, 4.69) is 0 Å². The molecule has 0 spiro atoms. The molecular formula is C14H18ClNO2S. The number of likely N-dealkylation sites (tertiary alicyclic amines) is 1. The van der Waals surface area contributed by atoms with Gasteiger partial charge in [-0.05, 0) is 44.0 Å². The lowest BCUT2D eigenvalue weighted by molar-refractivity contribution is -0.132. The van der Waals surface area contributed by atoms with Crippen LogP contribution in [0.4, 0.5) is 0 Å². The third-order valence-corrected chi connectivity index (χ3v) is 4.62. The SMILES string of the molecule is CC1(O)CCN(C(=O)CSc2ccc(Cl)cc2)CC1. The van der Waals surface area contributed by atoms with Crippen LogP contribution in [0, 0.1) is 0 Å². The van der Waals surface area contributed by atoms with Gasteiger partial charge >= 0.3 is 0 Å². The van der Waals surface area contributed by atoms with E-state index in [-0.39, 0.29) is 5.91 Å². The monoisotopic (exact) mass is 299 g/mol. The Morgan fingerprint density at radius 2 is 1.95 bits per heavy atom. The third kappa shape index (κ3) is 4.41. The molecule has 2 rings (SSSR count). The summed E-state index contributed by atoms with van der Waals surface area (Å²) in [4.78, 5) is 14.9. The van der Waals surface area contributed by atoms with Crippen LogP contribution in [0.3, 0.4) is 0 Å². The third-order valence-electron chi connectivity index (χ3n) is 3.37. The molecule has 19 heavy (non-hydrogen) atoms. The highest BCUT2D eigenvalue weighted by molar-refractivity contribution is 8.00. The first-order valence-electron chi connectivity index (χ1n) is 6.35. The standard InChI is InChI=1S/C14H18ClNO2S/c1-14(18)6-8-16(9-7-14)13(17)10-19-12-4-2-11(15)3-5-12/h2-5,18H,6-10H2,1H3. The first-order valence-corrected chi connectivity index (χ1v) is 7.71. The zero-order valence-corrected chi connectivity index (χ0v) is 12.5. The highest BCUT2D eigenvalue weighted by atomic mass is 35.5. The van der Waals surface area contributed by atoms with Crippen molar-refractivity contribution in [3.63, 3.8) is 0 Å². The second kappa shape index (κ2) is 6.16. The molecule has 3 nitrogen and oxygen atoms in total. The van der Waals surface area contributed by atoms with Crippen LogP contribution in [0.5, 0.6) is 0 Å². The minimum atomic E-state index is -0.611. The summed E-state index contributed by atoms with van der Waals surface area (Å²) in [6, 6.07) is 7.49. The van der Waals surface area contributed by atoms with Crippen LogP contribution in [-0.4, -0.2) is 40.4 Å². The number of hydrogen-bond acceptors (Lipinski definition) is 3. The van der Waals surface area contributed by atoms with Crippen molar-refractivity contribution in [2.24, 2.45) is 0 Å². The number of piperidine rings is 1. The summed E-state index contributed by atoms with van der Waals surface area (Å²) < 4.78 is 0. The highest BCUT2D eigenvalue weighted by Crippen LogP contribution is 2.24. The molecule has 1 heterocycles. The molecule has 0 aliphatic carbocycles. The van der Waals surface area contributed by atoms with E-state index in [0.717, 1.165) is 4.90 Å². The largest absolute Gasteiger partial charge is 0.390 e. The van der Waals surface area contributed by atoms with E-state index >= 15 is 0 Å². The summed E-state index contributed by atoms with van der Waals surface area (Å²) >= 11 is 7.33. The second-order valence-corrected chi connectivity index (χ2v) is 6.61. The van der Waals surface area contributed by atoms with Gasteiger partial charge in [0.1, 0.15) is 0 Å². The first-order chi connectivity index (χ1) is 8.96. The van der Waals surface area contributed by atoms with Crippen LogP contribution in [0.25, 0.3) is 0 Å². The molecule has 0 saturated carbocycles. The fourth-order valence-corrected chi connectivity index (χ4v) is 2.93. The van der Waals surface area contributed by atoms with Gasteiger partial charge in [0.05, 0.1) is 11.4 Å². The lowest BCUT2D eigenvalue weighted by Gasteiger charge is -2.35. The number of carbonyl (C=O) groups is 1. The summed E-state index contributed by atoms with van der Waals surface area (Å²) in [5.41, 5.74) is -0.611. The molecule has 1 aromatic rings. The van der Waals surface area contributed by atoms with Crippen LogP contribution in [0.1, 0.15) is 19.8 Å². The van der Waals surface area contributed by atoms with Crippen LogP contribution >= 0.6 is 23.4 Å². The quantitative estimate of drug-likeness (QED) is 0.873. The number of amides is 1. The van der Waals surface area contributed by atoms with E-state index < -0.39 is 5.60 Å². The number of aliphatic hydroxyl groups is 1. The number of thioether (sulfide) groups is 1. The molecular weight excluding hydrogens is 282 g/mol. The Balaban J connectivity index is 1.80. The molecule has 1 amide bonds. The zero-order chi connectivity index (χ0) is 13.9. The van der Waals surface area contributed by atoms with Gasteiger partial charge in [-0.3, -0.25) is 4.79 Å². The van der Waals surface area contributed by atoms with Crippen molar-refractivity contribution in [3.05, 3.63) is 29.3 Å². The minimum absolute atomic E-state index is 0.135. The normalized spacial score (nSPS) is 18.4. The molecule has 1 fully saturated rings. The van der Waals surface area contributed by atoms with Crippen LogP contribution < -0.4 is 0 Å². The highest BCUT2D eigenvalue weighted by Gasteiger charge is 2.29. The van der Waals surface area contributed by atoms with E-state index in [1.54, 1.807) is 0 Å². The Morgan fingerprint density at radius 1 is 1.37 bits per heavy atom. The zero-order valence-electron chi connectivity index (χ0n) is 10.9. The predicted molar refractivity (Wildman–Crippen MR) is 78.6 cm³/mol. The number of carbonyl (C=O) groups excluding carboxylic acids is 1. The van der Waals surface area contributed by atoms with E-state index in [4.69, 9.17) is 11.6 Å². The number of benzene rings is 1. The van der Waals surface area contributed by atoms with Crippen LogP contribution in [-0.2, 0) is 4.79 Å². The molecule has 0 radical (unpaired) electrons. The van der Waals surface area contributed by atoms with E-state index in [1.165, 1.54) is 11.8 Å². The maximum atomic E-state index is 12.0. The van der Waals surface area contributed by atoms with Crippen molar-refractivity contribution in [2.75, 3.05) is 18.8 Å². The molecule has 1 aliphatic rings. The molecule has 0 bridgehead atoms. The summed E-state index contributed by atoms with van der Waals surface area (Å²) in [6.07, 6.45) is 1.31. The van der Waals surface area contributed by atoms with E-state index in [1.807, 2.05) is 36.1 Å². The number of hydrogen-bond donors (Lipinski definition) is 1.